The first-order valence-electron chi connectivity index (χ1n) is 6.80. The number of carbonyl (C=O) groups excluding carboxylic acids is 1. The largest absolute Gasteiger partial charge is 0.464 e. The average Bonchev–Trinajstić information content (AvgIpc) is 2.93. The van der Waals surface area contributed by atoms with E-state index in [1.165, 1.54) is 7.11 Å². The summed E-state index contributed by atoms with van der Waals surface area (Å²) in [5.74, 6) is -0.397. The van der Waals surface area contributed by atoms with Crippen molar-refractivity contribution in [3.8, 4) is 0 Å². The molecule has 0 aliphatic carbocycles. The molecule has 1 heterocycles. The van der Waals surface area contributed by atoms with Crippen LogP contribution in [-0.2, 0) is 22.6 Å². The lowest BCUT2D eigenvalue weighted by molar-refractivity contribution is -0.0433. The highest BCUT2D eigenvalue weighted by molar-refractivity contribution is 5.87. The second-order valence-electron chi connectivity index (χ2n) is 5.40. The number of benzene rings is 1. The van der Waals surface area contributed by atoms with E-state index in [9.17, 15) is 4.79 Å². The maximum Gasteiger partial charge on any atom is 0.356 e. The second-order valence-corrected chi connectivity index (χ2v) is 5.40. The first-order chi connectivity index (χ1) is 10.0. The van der Waals surface area contributed by atoms with Gasteiger partial charge in [0.2, 0.25) is 0 Å². The van der Waals surface area contributed by atoms with Crippen LogP contribution in [0.5, 0.6) is 0 Å². The quantitative estimate of drug-likeness (QED) is 0.767. The number of methoxy groups -OCH3 is 1. The van der Waals surface area contributed by atoms with E-state index in [0.717, 1.165) is 5.56 Å². The van der Waals surface area contributed by atoms with E-state index in [2.05, 4.69) is 5.10 Å². The molecule has 5 nitrogen and oxygen atoms in total. The fraction of sp³-hybridized carbons (Fsp3) is 0.375. The monoisotopic (exact) mass is 288 g/mol. The molecule has 0 spiro atoms. The van der Waals surface area contributed by atoms with Crippen molar-refractivity contribution in [1.82, 2.24) is 9.78 Å². The number of ether oxygens (including phenoxy) is 2. The van der Waals surface area contributed by atoms with Gasteiger partial charge in [-0.15, -0.1) is 0 Å². The summed E-state index contributed by atoms with van der Waals surface area (Å²) in [6.07, 6.45) is 1.58. The maximum absolute atomic E-state index is 11.6. The van der Waals surface area contributed by atoms with E-state index in [0.29, 0.717) is 18.8 Å². The maximum atomic E-state index is 11.6. The Morgan fingerprint density at radius 3 is 2.62 bits per heavy atom. The average molecular weight is 288 g/mol. The van der Waals surface area contributed by atoms with Crippen molar-refractivity contribution >= 4 is 5.97 Å². The van der Waals surface area contributed by atoms with Gasteiger partial charge in [-0.3, -0.25) is 4.68 Å². The van der Waals surface area contributed by atoms with Gasteiger partial charge in [-0.05, 0) is 25.5 Å². The Hall–Kier alpha value is -2.14. The Bertz CT molecular complexity index is 591. The minimum atomic E-state index is -0.454. The lowest BCUT2D eigenvalue weighted by Crippen LogP contribution is -2.32. The molecule has 0 amide bonds. The zero-order chi connectivity index (χ0) is 15.3. The smallest absolute Gasteiger partial charge is 0.356 e. The third-order valence-corrected chi connectivity index (χ3v) is 3.11. The normalized spacial score (nSPS) is 11.4. The molecule has 0 atom stereocenters. The van der Waals surface area contributed by atoms with Crippen LogP contribution in [0.15, 0.2) is 42.6 Å². The van der Waals surface area contributed by atoms with Crippen LogP contribution < -0.4 is 0 Å². The summed E-state index contributed by atoms with van der Waals surface area (Å²) in [5.41, 5.74) is 1.08. The summed E-state index contributed by atoms with van der Waals surface area (Å²) >= 11 is 0. The van der Waals surface area contributed by atoms with Crippen molar-refractivity contribution in [3.63, 3.8) is 0 Å². The Balaban J connectivity index is 2.01. The topological polar surface area (TPSA) is 53.3 Å². The fourth-order valence-corrected chi connectivity index (χ4v) is 2.00. The van der Waals surface area contributed by atoms with Crippen molar-refractivity contribution in [1.29, 1.82) is 0 Å². The SMILES string of the molecule is COC(=O)c1ccnn1CC(C)(C)OCc1ccccc1. The molecule has 21 heavy (non-hydrogen) atoms. The summed E-state index contributed by atoms with van der Waals surface area (Å²) in [6.45, 7) is 4.93. The molecule has 2 rings (SSSR count). The van der Waals surface area contributed by atoms with E-state index in [1.807, 2.05) is 44.2 Å². The van der Waals surface area contributed by atoms with Crippen LogP contribution in [0.25, 0.3) is 0 Å². The molecule has 0 saturated heterocycles. The van der Waals surface area contributed by atoms with E-state index >= 15 is 0 Å². The van der Waals surface area contributed by atoms with E-state index in [4.69, 9.17) is 9.47 Å². The molecule has 5 heteroatoms. The van der Waals surface area contributed by atoms with Crippen LogP contribution >= 0.6 is 0 Å². The highest BCUT2D eigenvalue weighted by Crippen LogP contribution is 2.16. The van der Waals surface area contributed by atoms with E-state index < -0.39 is 11.6 Å². The van der Waals surface area contributed by atoms with Crippen molar-refractivity contribution < 1.29 is 14.3 Å². The highest BCUT2D eigenvalue weighted by atomic mass is 16.5. The fourth-order valence-electron chi connectivity index (χ4n) is 2.00. The van der Waals surface area contributed by atoms with Crippen molar-refractivity contribution in [2.24, 2.45) is 0 Å². The van der Waals surface area contributed by atoms with Crippen molar-refractivity contribution in [2.45, 2.75) is 32.6 Å². The van der Waals surface area contributed by atoms with Gasteiger partial charge < -0.3 is 9.47 Å². The molecule has 0 aliphatic heterocycles. The third-order valence-electron chi connectivity index (χ3n) is 3.11. The van der Waals surface area contributed by atoms with Gasteiger partial charge in [0.1, 0.15) is 5.69 Å². The first kappa shape index (κ1) is 15.3. The Labute approximate surface area is 124 Å². The van der Waals surface area contributed by atoms with Crippen LogP contribution in [-0.4, -0.2) is 28.5 Å². The number of esters is 1. The van der Waals surface area contributed by atoms with Crippen LogP contribution in [0.1, 0.15) is 29.9 Å². The number of carbonyl (C=O) groups is 1. The van der Waals surface area contributed by atoms with Gasteiger partial charge in [-0.2, -0.15) is 5.10 Å². The van der Waals surface area contributed by atoms with Gasteiger partial charge >= 0.3 is 5.97 Å². The molecule has 112 valence electrons. The predicted octanol–water partition coefficient (Wildman–Crippen LogP) is 2.67. The molecule has 0 saturated carbocycles. The van der Waals surface area contributed by atoms with Crippen LogP contribution in [0.4, 0.5) is 0 Å². The molecule has 0 fully saturated rings. The summed E-state index contributed by atoms with van der Waals surface area (Å²) in [6, 6.07) is 11.6. The number of nitrogens with zero attached hydrogens (tertiary/aromatic N) is 2. The third kappa shape index (κ3) is 4.16. The van der Waals surface area contributed by atoms with Gasteiger partial charge in [0.05, 0.1) is 25.9 Å². The molecule has 1 aromatic heterocycles. The summed E-state index contributed by atoms with van der Waals surface area (Å²) < 4.78 is 12.3. The van der Waals surface area contributed by atoms with Crippen LogP contribution in [0.3, 0.4) is 0 Å². The molecular formula is C16H20N2O3. The highest BCUT2D eigenvalue weighted by Gasteiger charge is 2.23. The first-order valence-corrected chi connectivity index (χ1v) is 6.80. The van der Waals surface area contributed by atoms with Gasteiger partial charge in [-0.25, -0.2) is 4.79 Å². The molecule has 0 radical (unpaired) electrons. The Kier molecular flexibility index (Phi) is 4.75. The number of hydrogen-bond donors (Lipinski definition) is 0. The van der Waals surface area contributed by atoms with Gasteiger partial charge in [0.25, 0.3) is 0 Å². The number of aromatic nitrogens is 2. The van der Waals surface area contributed by atoms with Crippen LogP contribution in [0.2, 0.25) is 0 Å². The summed E-state index contributed by atoms with van der Waals surface area (Å²) in [5, 5.41) is 4.16. The molecule has 0 aliphatic rings. The zero-order valence-corrected chi connectivity index (χ0v) is 12.6. The Morgan fingerprint density at radius 1 is 1.24 bits per heavy atom. The van der Waals surface area contributed by atoms with Gasteiger partial charge in [0.15, 0.2) is 0 Å². The Morgan fingerprint density at radius 2 is 1.95 bits per heavy atom. The second kappa shape index (κ2) is 6.54. The minimum absolute atomic E-state index is 0.397. The molecule has 0 bridgehead atoms. The molecule has 2 aromatic rings. The van der Waals surface area contributed by atoms with Crippen molar-refractivity contribution in [3.05, 3.63) is 53.9 Å². The van der Waals surface area contributed by atoms with Gasteiger partial charge in [-0.1, -0.05) is 30.3 Å². The predicted molar refractivity (Wildman–Crippen MR) is 78.9 cm³/mol. The summed E-state index contributed by atoms with van der Waals surface area (Å²) in [4.78, 5) is 11.6. The molecular weight excluding hydrogens is 268 g/mol. The van der Waals surface area contributed by atoms with E-state index in [-0.39, 0.29) is 0 Å². The zero-order valence-electron chi connectivity index (χ0n) is 12.6. The van der Waals surface area contributed by atoms with Crippen LogP contribution in [0, 0.1) is 0 Å². The lowest BCUT2D eigenvalue weighted by Gasteiger charge is -2.26. The number of rotatable bonds is 6. The molecule has 0 unspecified atom stereocenters. The lowest BCUT2D eigenvalue weighted by atomic mass is 10.1. The van der Waals surface area contributed by atoms with Crippen molar-refractivity contribution in [2.75, 3.05) is 7.11 Å². The minimum Gasteiger partial charge on any atom is -0.464 e. The van der Waals surface area contributed by atoms with Gasteiger partial charge in [0, 0.05) is 6.20 Å². The standard InChI is InChI=1S/C16H20N2O3/c1-16(2,21-11-13-7-5-4-6-8-13)12-18-14(9-10-17-18)15(19)20-3/h4-10H,11-12H2,1-3H3. The van der Waals surface area contributed by atoms with E-state index in [1.54, 1.807) is 16.9 Å². The molecule has 1 aromatic carbocycles. The number of hydrogen-bond acceptors (Lipinski definition) is 4. The summed E-state index contributed by atoms with van der Waals surface area (Å²) in [7, 11) is 1.36. The molecule has 0 N–H and O–H groups in total.